The first-order valence-corrected chi connectivity index (χ1v) is 10.2. The van der Waals surface area contributed by atoms with Gasteiger partial charge in [-0.3, -0.25) is 14.7 Å². The molecular formula is C21H35N5O2. The fraction of sp³-hybridized carbons (Fsp3) is 0.619. The smallest absolute Gasteiger partial charge is 0.219 e. The van der Waals surface area contributed by atoms with Crippen molar-refractivity contribution in [3.8, 4) is 0 Å². The molecule has 1 fully saturated rings. The molecule has 1 aliphatic heterocycles. The van der Waals surface area contributed by atoms with Crippen LogP contribution in [0.25, 0.3) is 0 Å². The van der Waals surface area contributed by atoms with E-state index in [9.17, 15) is 4.79 Å². The Morgan fingerprint density at radius 2 is 1.82 bits per heavy atom. The van der Waals surface area contributed by atoms with Crippen LogP contribution in [-0.4, -0.2) is 81.1 Å². The molecule has 0 radical (unpaired) electrons. The second-order valence-electron chi connectivity index (χ2n) is 7.05. The molecule has 1 saturated heterocycles. The number of guanidine groups is 1. The standard InChI is InChI=1S/C21H35N5O2/c1-18(20-8-5-4-6-9-20)28-17-7-10-23-21(22-3)24-11-12-25-13-15-26(16-14-25)19(2)27/h4-6,8-9,18H,7,10-17H2,1-3H3,(H2,22,23,24). The number of carbonyl (C=O) groups excluding carboxylic acids is 1. The van der Waals surface area contributed by atoms with E-state index in [4.69, 9.17) is 4.74 Å². The van der Waals surface area contributed by atoms with E-state index in [-0.39, 0.29) is 12.0 Å². The number of piperazine rings is 1. The van der Waals surface area contributed by atoms with Crippen molar-refractivity contribution >= 4 is 11.9 Å². The Hall–Kier alpha value is -2.12. The summed E-state index contributed by atoms with van der Waals surface area (Å²) in [7, 11) is 1.79. The second kappa shape index (κ2) is 12.4. The lowest BCUT2D eigenvalue weighted by Crippen LogP contribution is -2.50. The zero-order valence-electron chi connectivity index (χ0n) is 17.5. The summed E-state index contributed by atoms with van der Waals surface area (Å²) >= 11 is 0. The molecule has 1 unspecified atom stereocenters. The van der Waals surface area contributed by atoms with E-state index in [0.717, 1.165) is 58.2 Å². The van der Waals surface area contributed by atoms with Crippen LogP contribution in [0, 0.1) is 0 Å². The van der Waals surface area contributed by atoms with Crippen molar-refractivity contribution in [1.29, 1.82) is 0 Å². The molecule has 0 bridgehead atoms. The van der Waals surface area contributed by atoms with Crippen LogP contribution in [0.5, 0.6) is 0 Å². The number of hydrogen-bond donors (Lipinski definition) is 2. The molecule has 2 N–H and O–H groups in total. The Kier molecular flexibility index (Phi) is 9.79. The van der Waals surface area contributed by atoms with Gasteiger partial charge in [0.05, 0.1) is 6.10 Å². The van der Waals surface area contributed by atoms with Gasteiger partial charge in [0, 0.05) is 66.4 Å². The van der Waals surface area contributed by atoms with Crippen LogP contribution in [0.1, 0.15) is 31.9 Å². The highest BCUT2D eigenvalue weighted by atomic mass is 16.5. The number of amides is 1. The quantitative estimate of drug-likeness (QED) is 0.380. The molecule has 2 rings (SSSR count). The van der Waals surface area contributed by atoms with Gasteiger partial charge >= 0.3 is 0 Å². The van der Waals surface area contributed by atoms with E-state index in [1.54, 1.807) is 14.0 Å². The van der Waals surface area contributed by atoms with Gasteiger partial charge in [0.15, 0.2) is 5.96 Å². The largest absolute Gasteiger partial charge is 0.374 e. The first kappa shape index (κ1) is 22.2. The van der Waals surface area contributed by atoms with Gasteiger partial charge in [0.1, 0.15) is 0 Å². The van der Waals surface area contributed by atoms with Crippen molar-refractivity contribution in [2.24, 2.45) is 4.99 Å². The van der Waals surface area contributed by atoms with E-state index in [0.29, 0.717) is 6.61 Å². The molecule has 1 aliphatic rings. The molecular weight excluding hydrogens is 354 g/mol. The van der Waals surface area contributed by atoms with Crippen LogP contribution in [0.3, 0.4) is 0 Å². The third kappa shape index (κ3) is 7.86. The number of hydrogen-bond acceptors (Lipinski definition) is 4. The molecule has 0 spiro atoms. The van der Waals surface area contributed by atoms with E-state index < -0.39 is 0 Å². The van der Waals surface area contributed by atoms with Crippen LogP contribution >= 0.6 is 0 Å². The van der Waals surface area contributed by atoms with Crippen molar-refractivity contribution in [2.75, 3.05) is 59.5 Å². The van der Waals surface area contributed by atoms with E-state index in [1.165, 1.54) is 5.56 Å². The first-order valence-electron chi connectivity index (χ1n) is 10.2. The van der Waals surface area contributed by atoms with Gasteiger partial charge in [0.25, 0.3) is 0 Å². The second-order valence-corrected chi connectivity index (χ2v) is 7.05. The van der Waals surface area contributed by atoms with Crippen molar-refractivity contribution in [2.45, 2.75) is 26.4 Å². The lowest BCUT2D eigenvalue weighted by molar-refractivity contribution is -0.130. The molecule has 0 saturated carbocycles. The van der Waals surface area contributed by atoms with Gasteiger partial charge in [-0.15, -0.1) is 0 Å². The Morgan fingerprint density at radius 1 is 1.14 bits per heavy atom. The Balaban J connectivity index is 1.53. The predicted octanol–water partition coefficient (Wildman–Crippen LogP) is 1.48. The van der Waals surface area contributed by atoms with Gasteiger partial charge in [-0.1, -0.05) is 30.3 Å². The molecule has 7 nitrogen and oxygen atoms in total. The maximum Gasteiger partial charge on any atom is 0.219 e. The normalized spacial score (nSPS) is 16.7. The summed E-state index contributed by atoms with van der Waals surface area (Å²) < 4.78 is 5.89. The average Bonchev–Trinajstić information content (AvgIpc) is 2.73. The van der Waals surface area contributed by atoms with Gasteiger partial charge in [-0.2, -0.15) is 0 Å². The number of nitrogens with zero attached hydrogens (tertiary/aromatic N) is 3. The first-order chi connectivity index (χ1) is 13.6. The van der Waals surface area contributed by atoms with Crippen molar-refractivity contribution < 1.29 is 9.53 Å². The number of aliphatic imine (C=N–C) groups is 1. The SMILES string of the molecule is CN=C(NCCCOC(C)c1ccccc1)NCCN1CCN(C(C)=O)CC1. The van der Waals surface area contributed by atoms with Crippen LogP contribution in [-0.2, 0) is 9.53 Å². The summed E-state index contributed by atoms with van der Waals surface area (Å²) in [6.45, 7) is 10.5. The molecule has 1 atom stereocenters. The van der Waals surface area contributed by atoms with Gasteiger partial charge in [0.2, 0.25) is 5.91 Å². The minimum Gasteiger partial charge on any atom is -0.374 e. The molecule has 0 aliphatic carbocycles. The van der Waals surface area contributed by atoms with E-state index in [1.807, 2.05) is 23.1 Å². The molecule has 7 heteroatoms. The van der Waals surface area contributed by atoms with Gasteiger partial charge < -0.3 is 20.3 Å². The number of ether oxygens (including phenoxy) is 1. The van der Waals surface area contributed by atoms with Crippen LogP contribution < -0.4 is 10.6 Å². The van der Waals surface area contributed by atoms with Crippen LogP contribution in [0.4, 0.5) is 0 Å². The lowest BCUT2D eigenvalue weighted by Gasteiger charge is -2.34. The Morgan fingerprint density at radius 3 is 2.46 bits per heavy atom. The summed E-state index contributed by atoms with van der Waals surface area (Å²) in [6.07, 6.45) is 1.03. The topological polar surface area (TPSA) is 69.2 Å². The van der Waals surface area contributed by atoms with E-state index >= 15 is 0 Å². The third-order valence-electron chi connectivity index (χ3n) is 5.01. The number of rotatable bonds is 9. The molecule has 1 amide bonds. The Bertz CT molecular complexity index is 600. The maximum atomic E-state index is 11.4. The minimum absolute atomic E-state index is 0.113. The zero-order chi connectivity index (χ0) is 20.2. The monoisotopic (exact) mass is 389 g/mol. The predicted molar refractivity (Wildman–Crippen MR) is 113 cm³/mol. The van der Waals surface area contributed by atoms with Crippen molar-refractivity contribution in [3.05, 3.63) is 35.9 Å². The summed E-state index contributed by atoms with van der Waals surface area (Å²) in [5.41, 5.74) is 1.21. The highest BCUT2D eigenvalue weighted by molar-refractivity contribution is 5.79. The third-order valence-corrected chi connectivity index (χ3v) is 5.01. The highest BCUT2D eigenvalue weighted by Gasteiger charge is 2.17. The van der Waals surface area contributed by atoms with Crippen molar-refractivity contribution in [1.82, 2.24) is 20.4 Å². The molecule has 1 aromatic rings. The maximum absolute atomic E-state index is 11.4. The fourth-order valence-electron chi connectivity index (χ4n) is 3.20. The van der Waals surface area contributed by atoms with Crippen LogP contribution in [0.2, 0.25) is 0 Å². The lowest BCUT2D eigenvalue weighted by atomic mass is 10.1. The molecule has 156 valence electrons. The van der Waals surface area contributed by atoms with Gasteiger partial charge in [-0.05, 0) is 18.9 Å². The summed E-state index contributed by atoms with van der Waals surface area (Å²) in [5.74, 6) is 0.989. The average molecular weight is 390 g/mol. The summed E-state index contributed by atoms with van der Waals surface area (Å²) in [6, 6.07) is 10.3. The molecule has 0 aromatic heterocycles. The van der Waals surface area contributed by atoms with E-state index in [2.05, 4.69) is 39.6 Å². The molecule has 1 aromatic carbocycles. The molecule has 28 heavy (non-hydrogen) atoms. The summed E-state index contributed by atoms with van der Waals surface area (Å²) in [4.78, 5) is 19.9. The van der Waals surface area contributed by atoms with Crippen molar-refractivity contribution in [3.63, 3.8) is 0 Å². The number of benzene rings is 1. The highest BCUT2D eigenvalue weighted by Crippen LogP contribution is 2.15. The Labute approximate surface area is 169 Å². The number of nitrogens with one attached hydrogen (secondary N) is 2. The van der Waals surface area contributed by atoms with Crippen LogP contribution in [0.15, 0.2) is 35.3 Å². The number of carbonyl (C=O) groups is 1. The minimum atomic E-state index is 0.113. The van der Waals surface area contributed by atoms with Gasteiger partial charge in [-0.25, -0.2) is 0 Å². The summed E-state index contributed by atoms with van der Waals surface area (Å²) in [5, 5.41) is 6.68. The zero-order valence-corrected chi connectivity index (χ0v) is 17.5. The fourth-order valence-corrected chi connectivity index (χ4v) is 3.20. The molecule has 1 heterocycles.